The second kappa shape index (κ2) is 12.5. The highest BCUT2D eigenvalue weighted by atomic mass is 16.5. The lowest BCUT2D eigenvalue weighted by Crippen LogP contribution is -2.15. The number of unbranched alkanes of at least 4 members (excludes halogenated alkanes) is 5. The number of hydrogen-bond donors (Lipinski definition) is 0. The summed E-state index contributed by atoms with van der Waals surface area (Å²) in [4.78, 5) is 23.6. The van der Waals surface area contributed by atoms with Gasteiger partial charge < -0.3 is 4.74 Å². The summed E-state index contributed by atoms with van der Waals surface area (Å²) in [5, 5.41) is 0. The predicted molar refractivity (Wildman–Crippen MR) is 94.4 cm³/mol. The zero-order valence-electron chi connectivity index (χ0n) is 15.3. The number of carbonyl (C=O) groups excluding carboxylic acids is 2. The van der Waals surface area contributed by atoms with Gasteiger partial charge in [0.25, 0.3) is 0 Å². The Morgan fingerprint density at radius 3 is 2.30 bits per heavy atom. The van der Waals surface area contributed by atoms with E-state index in [0.717, 1.165) is 57.8 Å². The van der Waals surface area contributed by atoms with Crippen molar-refractivity contribution in [3.8, 4) is 0 Å². The zero-order chi connectivity index (χ0) is 16.9. The lowest BCUT2D eigenvalue weighted by molar-refractivity contribution is -0.149. The Morgan fingerprint density at radius 1 is 0.870 bits per heavy atom. The average Bonchev–Trinajstić information content (AvgIpc) is 2.97. The minimum absolute atomic E-state index is 0.0256. The van der Waals surface area contributed by atoms with Crippen LogP contribution in [0.2, 0.25) is 0 Å². The molecule has 2 atom stereocenters. The van der Waals surface area contributed by atoms with Gasteiger partial charge in [-0.1, -0.05) is 46.0 Å². The summed E-state index contributed by atoms with van der Waals surface area (Å²) in [6.45, 7) is 4.33. The molecule has 3 heteroatoms. The molecule has 0 aliphatic heterocycles. The van der Waals surface area contributed by atoms with E-state index < -0.39 is 0 Å². The van der Waals surface area contributed by atoms with Crippen molar-refractivity contribution in [3.05, 3.63) is 0 Å². The third kappa shape index (κ3) is 9.78. The monoisotopic (exact) mass is 324 g/mol. The van der Waals surface area contributed by atoms with Crippen LogP contribution in [0, 0.1) is 5.92 Å². The van der Waals surface area contributed by atoms with Crippen molar-refractivity contribution in [2.45, 2.75) is 110 Å². The van der Waals surface area contributed by atoms with E-state index in [9.17, 15) is 9.59 Å². The predicted octanol–water partition coefficient (Wildman–Crippen LogP) is 5.60. The fourth-order valence-corrected chi connectivity index (χ4v) is 3.40. The molecule has 2 unspecified atom stereocenters. The average molecular weight is 325 g/mol. The third-order valence-electron chi connectivity index (χ3n) is 4.92. The van der Waals surface area contributed by atoms with Crippen LogP contribution in [0.1, 0.15) is 104 Å². The van der Waals surface area contributed by atoms with Gasteiger partial charge in [-0.15, -0.1) is 0 Å². The Labute approximate surface area is 142 Å². The van der Waals surface area contributed by atoms with E-state index in [2.05, 4.69) is 13.8 Å². The topological polar surface area (TPSA) is 43.4 Å². The van der Waals surface area contributed by atoms with Gasteiger partial charge >= 0.3 is 5.97 Å². The lowest BCUT2D eigenvalue weighted by atomic mass is 9.98. The van der Waals surface area contributed by atoms with Gasteiger partial charge in [0.15, 0.2) is 0 Å². The number of hydrogen-bond acceptors (Lipinski definition) is 3. The molecule has 1 saturated carbocycles. The van der Waals surface area contributed by atoms with Crippen molar-refractivity contribution in [2.24, 2.45) is 5.92 Å². The van der Waals surface area contributed by atoms with Crippen LogP contribution in [0.5, 0.6) is 0 Å². The molecule has 134 valence electrons. The molecule has 0 saturated heterocycles. The summed E-state index contributed by atoms with van der Waals surface area (Å²) in [6, 6.07) is 0. The number of esters is 1. The maximum absolute atomic E-state index is 11.8. The first kappa shape index (κ1) is 20.2. The van der Waals surface area contributed by atoms with E-state index in [1.54, 1.807) is 0 Å². The van der Waals surface area contributed by atoms with E-state index in [0.29, 0.717) is 24.5 Å². The number of ketones is 1. The highest BCUT2D eigenvalue weighted by Crippen LogP contribution is 2.31. The molecule has 1 aliphatic carbocycles. The largest absolute Gasteiger partial charge is 0.462 e. The van der Waals surface area contributed by atoms with Crippen LogP contribution < -0.4 is 0 Å². The van der Waals surface area contributed by atoms with Crippen LogP contribution in [-0.2, 0) is 14.3 Å². The molecule has 1 aliphatic rings. The normalized spacial score (nSPS) is 20.6. The Bertz CT molecular complexity index is 338. The van der Waals surface area contributed by atoms with E-state index in [1.165, 1.54) is 19.3 Å². The fraction of sp³-hybridized carbons (Fsp3) is 0.900. The minimum Gasteiger partial charge on any atom is -0.462 e. The highest BCUT2D eigenvalue weighted by molar-refractivity contribution is 5.78. The molecule has 0 aromatic carbocycles. The van der Waals surface area contributed by atoms with Crippen LogP contribution in [-0.4, -0.2) is 17.9 Å². The molecule has 0 bridgehead atoms. The number of rotatable bonds is 13. The Morgan fingerprint density at radius 2 is 1.57 bits per heavy atom. The van der Waals surface area contributed by atoms with Gasteiger partial charge in [0.05, 0.1) is 0 Å². The summed E-state index contributed by atoms with van der Waals surface area (Å²) in [7, 11) is 0. The molecule has 0 amide bonds. The van der Waals surface area contributed by atoms with E-state index in [-0.39, 0.29) is 12.1 Å². The van der Waals surface area contributed by atoms with Crippen molar-refractivity contribution < 1.29 is 14.3 Å². The SMILES string of the molecule is CCCCCCC(=O)OC1CCC(CCC(=O)CCCCC)C1. The molecule has 0 aromatic rings. The van der Waals surface area contributed by atoms with Gasteiger partial charge in [-0.05, 0) is 44.4 Å². The summed E-state index contributed by atoms with van der Waals surface area (Å²) >= 11 is 0. The van der Waals surface area contributed by atoms with Crippen molar-refractivity contribution in [3.63, 3.8) is 0 Å². The van der Waals surface area contributed by atoms with Crippen LogP contribution in [0.15, 0.2) is 0 Å². The second-order valence-corrected chi connectivity index (χ2v) is 7.14. The van der Waals surface area contributed by atoms with E-state index >= 15 is 0 Å². The van der Waals surface area contributed by atoms with Crippen LogP contribution in [0.4, 0.5) is 0 Å². The summed E-state index contributed by atoms with van der Waals surface area (Å²) in [5.41, 5.74) is 0. The molecule has 0 aromatic heterocycles. The van der Waals surface area contributed by atoms with Gasteiger partial charge in [0.1, 0.15) is 11.9 Å². The standard InChI is InChI=1S/C20H36O3/c1-3-5-7-9-11-20(22)23-19-15-13-17(16-19)12-14-18(21)10-8-6-4-2/h17,19H,3-16H2,1-2H3. The first-order valence-corrected chi connectivity index (χ1v) is 9.86. The van der Waals surface area contributed by atoms with Crippen molar-refractivity contribution in [1.82, 2.24) is 0 Å². The van der Waals surface area contributed by atoms with Gasteiger partial charge in [-0.2, -0.15) is 0 Å². The van der Waals surface area contributed by atoms with Gasteiger partial charge in [0, 0.05) is 19.3 Å². The Balaban J connectivity index is 2.08. The molecule has 0 spiro atoms. The smallest absolute Gasteiger partial charge is 0.306 e. The van der Waals surface area contributed by atoms with Gasteiger partial charge in [-0.25, -0.2) is 0 Å². The lowest BCUT2D eigenvalue weighted by Gasteiger charge is -2.13. The zero-order valence-corrected chi connectivity index (χ0v) is 15.3. The fourth-order valence-electron chi connectivity index (χ4n) is 3.40. The molecular formula is C20H36O3. The van der Waals surface area contributed by atoms with Crippen LogP contribution in [0.3, 0.4) is 0 Å². The van der Waals surface area contributed by atoms with Crippen LogP contribution in [0.25, 0.3) is 0 Å². The molecule has 0 radical (unpaired) electrons. The maximum atomic E-state index is 11.8. The van der Waals surface area contributed by atoms with Crippen molar-refractivity contribution in [1.29, 1.82) is 0 Å². The molecule has 23 heavy (non-hydrogen) atoms. The molecule has 0 heterocycles. The summed E-state index contributed by atoms with van der Waals surface area (Å²) in [5.74, 6) is 0.959. The first-order valence-electron chi connectivity index (χ1n) is 9.86. The Hall–Kier alpha value is -0.860. The Kier molecular flexibility index (Phi) is 11.0. The maximum Gasteiger partial charge on any atom is 0.306 e. The quantitative estimate of drug-likeness (QED) is 0.327. The number of ether oxygens (including phenoxy) is 1. The molecular weight excluding hydrogens is 288 g/mol. The number of carbonyl (C=O) groups is 2. The highest BCUT2D eigenvalue weighted by Gasteiger charge is 2.27. The summed E-state index contributed by atoms with van der Waals surface area (Å²) in [6.07, 6.45) is 14.0. The molecule has 3 nitrogen and oxygen atoms in total. The van der Waals surface area contributed by atoms with Crippen LogP contribution >= 0.6 is 0 Å². The summed E-state index contributed by atoms with van der Waals surface area (Å²) < 4.78 is 5.58. The first-order chi connectivity index (χ1) is 11.2. The minimum atomic E-state index is -0.0256. The van der Waals surface area contributed by atoms with Gasteiger partial charge in [0.2, 0.25) is 0 Å². The molecule has 1 rings (SSSR count). The molecule has 0 N–H and O–H groups in total. The van der Waals surface area contributed by atoms with Crippen molar-refractivity contribution >= 4 is 11.8 Å². The molecule has 1 fully saturated rings. The number of Topliss-reactive ketones (excluding diaryl/α,β-unsaturated/α-hetero) is 1. The van der Waals surface area contributed by atoms with E-state index in [1.807, 2.05) is 0 Å². The van der Waals surface area contributed by atoms with E-state index in [4.69, 9.17) is 4.74 Å². The van der Waals surface area contributed by atoms with Crippen molar-refractivity contribution in [2.75, 3.05) is 0 Å². The second-order valence-electron chi connectivity index (χ2n) is 7.14. The third-order valence-corrected chi connectivity index (χ3v) is 4.92. The van der Waals surface area contributed by atoms with Gasteiger partial charge in [-0.3, -0.25) is 9.59 Å².